The normalized spacial score (nSPS) is 24.0. The van der Waals surface area contributed by atoms with E-state index in [2.05, 4.69) is 26.4 Å². The van der Waals surface area contributed by atoms with Crippen LogP contribution in [0.5, 0.6) is 0 Å². The summed E-state index contributed by atoms with van der Waals surface area (Å²) in [5.74, 6) is 3.17. The molecule has 0 unspecified atom stereocenters. The molecule has 1 aromatic rings. The van der Waals surface area contributed by atoms with E-state index in [1.54, 1.807) is 0 Å². The molecular formula is C19H33N5. The van der Waals surface area contributed by atoms with E-state index in [1.807, 2.05) is 0 Å². The zero-order chi connectivity index (χ0) is 16.4. The molecule has 1 aliphatic carbocycles. The van der Waals surface area contributed by atoms with Gasteiger partial charge in [-0.15, -0.1) is 10.2 Å². The van der Waals surface area contributed by atoms with Gasteiger partial charge >= 0.3 is 0 Å². The van der Waals surface area contributed by atoms with Crippen LogP contribution in [0.1, 0.15) is 81.9 Å². The minimum atomic E-state index is 0.628. The van der Waals surface area contributed by atoms with Gasteiger partial charge in [-0.05, 0) is 77.7 Å². The van der Waals surface area contributed by atoms with Gasteiger partial charge in [-0.2, -0.15) is 0 Å². The fourth-order valence-corrected chi connectivity index (χ4v) is 4.39. The van der Waals surface area contributed by atoms with Crippen molar-refractivity contribution in [2.75, 3.05) is 32.7 Å². The molecule has 1 saturated carbocycles. The van der Waals surface area contributed by atoms with Gasteiger partial charge in [0.05, 0.1) is 6.54 Å². The molecule has 3 aliphatic rings. The van der Waals surface area contributed by atoms with Gasteiger partial charge in [0.25, 0.3) is 0 Å². The highest BCUT2D eigenvalue weighted by Gasteiger charge is 2.34. The van der Waals surface area contributed by atoms with Gasteiger partial charge in [0.1, 0.15) is 11.6 Å². The van der Waals surface area contributed by atoms with Gasteiger partial charge in [0, 0.05) is 12.0 Å². The molecule has 0 spiro atoms. The molecule has 0 amide bonds. The van der Waals surface area contributed by atoms with Gasteiger partial charge in [-0.3, -0.25) is 4.90 Å². The number of piperidine rings is 1. The molecule has 0 radical (unpaired) electrons. The van der Waals surface area contributed by atoms with Crippen molar-refractivity contribution >= 4 is 0 Å². The van der Waals surface area contributed by atoms with Gasteiger partial charge in [-0.25, -0.2) is 0 Å². The second-order valence-corrected chi connectivity index (χ2v) is 8.03. The molecule has 0 bridgehead atoms. The predicted octanol–water partition coefficient (Wildman–Crippen LogP) is 3.19. The van der Waals surface area contributed by atoms with E-state index >= 15 is 0 Å². The van der Waals surface area contributed by atoms with Gasteiger partial charge in [0.15, 0.2) is 0 Å². The standard InChI is InChI=1S/C19H33N5/c1-2-3-10-22-13-8-16(9-14-22)19-21-20-18(24(19)17-6-7-17)15-23-11-4-5-12-23/h16-17H,2-15H2,1H3. The van der Waals surface area contributed by atoms with Crippen LogP contribution < -0.4 is 0 Å². The Kier molecular flexibility index (Phi) is 5.18. The maximum absolute atomic E-state index is 4.70. The average Bonchev–Trinajstić information content (AvgIpc) is 3.15. The summed E-state index contributed by atoms with van der Waals surface area (Å²) in [6.07, 6.45) is 10.5. The van der Waals surface area contributed by atoms with Crippen molar-refractivity contribution in [3.05, 3.63) is 11.6 Å². The van der Waals surface area contributed by atoms with Crippen molar-refractivity contribution in [2.24, 2.45) is 0 Å². The lowest BCUT2D eigenvalue weighted by Gasteiger charge is -2.31. The van der Waals surface area contributed by atoms with E-state index in [0.717, 1.165) is 6.54 Å². The molecular weight excluding hydrogens is 298 g/mol. The van der Waals surface area contributed by atoms with Crippen molar-refractivity contribution < 1.29 is 0 Å². The number of aromatic nitrogens is 3. The molecule has 24 heavy (non-hydrogen) atoms. The number of unbranched alkanes of at least 4 members (excludes halogenated alkanes) is 1. The van der Waals surface area contributed by atoms with Crippen LogP contribution in [0.15, 0.2) is 0 Å². The Bertz CT molecular complexity index is 522. The smallest absolute Gasteiger partial charge is 0.147 e. The number of hydrogen-bond acceptors (Lipinski definition) is 4. The first-order chi connectivity index (χ1) is 11.8. The molecule has 0 N–H and O–H groups in total. The summed E-state index contributed by atoms with van der Waals surface area (Å²) in [6.45, 7) is 9.53. The largest absolute Gasteiger partial charge is 0.311 e. The second kappa shape index (κ2) is 7.52. The lowest BCUT2D eigenvalue weighted by molar-refractivity contribution is 0.204. The fraction of sp³-hybridized carbons (Fsp3) is 0.895. The van der Waals surface area contributed by atoms with Crippen molar-refractivity contribution in [1.29, 1.82) is 0 Å². The molecule has 1 aromatic heterocycles. The summed E-state index contributed by atoms with van der Waals surface area (Å²) >= 11 is 0. The SMILES string of the molecule is CCCCN1CCC(c2nnc(CN3CCCC3)n2C2CC2)CC1. The van der Waals surface area contributed by atoms with E-state index in [4.69, 9.17) is 5.10 Å². The van der Waals surface area contributed by atoms with Gasteiger partial charge in [-0.1, -0.05) is 13.3 Å². The van der Waals surface area contributed by atoms with Crippen LogP contribution >= 0.6 is 0 Å². The van der Waals surface area contributed by atoms with Crippen molar-refractivity contribution in [3.8, 4) is 0 Å². The Labute approximate surface area is 146 Å². The molecule has 2 aliphatic heterocycles. The monoisotopic (exact) mass is 331 g/mol. The summed E-state index contributed by atoms with van der Waals surface area (Å²) in [4.78, 5) is 5.20. The first kappa shape index (κ1) is 16.5. The zero-order valence-corrected chi connectivity index (χ0v) is 15.3. The van der Waals surface area contributed by atoms with Crippen LogP contribution in [-0.4, -0.2) is 57.3 Å². The van der Waals surface area contributed by atoms with Gasteiger partial charge in [0.2, 0.25) is 0 Å². The minimum absolute atomic E-state index is 0.628. The summed E-state index contributed by atoms with van der Waals surface area (Å²) < 4.78 is 2.55. The van der Waals surface area contributed by atoms with Crippen LogP contribution in [0.25, 0.3) is 0 Å². The lowest BCUT2D eigenvalue weighted by Crippen LogP contribution is -2.34. The minimum Gasteiger partial charge on any atom is -0.311 e. The molecule has 134 valence electrons. The summed E-state index contributed by atoms with van der Waals surface area (Å²) in [7, 11) is 0. The van der Waals surface area contributed by atoms with E-state index in [0.29, 0.717) is 12.0 Å². The quantitative estimate of drug-likeness (QED) is 0.769. The highest BCUT2D eigenvalue weighted by Crippen LogP contribution is 2.40. The molecule has 3 heterocycles. The van der Waals surface area contributed by atoms with Gasteiger partial charge < -0.3 is 9.47 Å². The maximum Gasteiger partial charge on any atom is 0.147 e. The van der Waals surface area contributed by atoms with Crippen LogP contribution in [0.2, 0.25) is 0 Å². The lowest BCUT2D eigenvalue weighted by atomic mass is 9.95. The highest BCUT2D eigenvalue weighted by molar-refractivity contribution is 5.09. The number of likely N-dealkylation sites (tertiary alicyclic amines) is 2. The summed E-state index contributed by atoms with van der Waals surface area (Å²) in [5.41, 5.74) is 0. The van der Waals surface area contributed by atoms with Crippen LogP contribution in [0.4, 0.5) is 0 Å². The van der Waals surface area contributed by atoms with E-state index in [-0.39, 0.29) is 0 Å². The molecule has 3 fully saturated rings. The molecule has 5 heteroatoms. The third-order valence-corrected chi connectivity index (χ3v) is 6.05. The highest BCUT2D eigenvalue weighted by atomic mass is 15.3. The maximum atomic E-state index is 4.70. The van der Waals surface area contributed by atoms with E-state index in [1.165, 1.54) is 95.7 Å². The van der Waals surface area contributed by atoms with Crippen LogP contribution in [0.3, 0.4) is 0 Å². The summed E-state index contributed by atoms with van der Waals surface area (Å²) in [6, 6.07) is 0.700. The predicted molar refractivity (Wildman–Crippen MR) is 96.1 cm³/mol. The first-order valence-electron chi connectivity index (χ1n) is 10.2. The number of rotatable bonds is 7. The Morgan fingerprint density at radius 2 is 1.67 bits per heavy atom. The molecule has 4 rings (SSSR count). The second-order valence-electron chi connectivity index (χ2n) is 8.03. The van der Waals surface area contributed by atoms with E-state index < -0.39 is 0 Å². The Morgan fingerprint density at radius 3 is 2.33 bits per heavy atom. The molecule has 2 saturated heterocycles. The molecule has 5 nitrogen and oxygen atoms in total. The van der Waals surface area contributed by atoms with Crippen molar-refractivity contribution in [3.63, 3.8) is 0 Å². The number of hydrogen-bond donors (Lipinski definition) is 0. The molecule has 0 aromatic carbocycles. The van der Waals surface area contributed by atoms with Crippen LogP contribution in [0, 0.1) is 0 Å². The Hall–Kier alpha value is -0.940. The zero-order valence-electron chi connectivity index (χ0n) is 15.3. The van der Waals surface area contributed by atoms with Crippen molar-refractivity contribution in [2.45, 2.75) is 76.8 Å². The topological polar surface area (TPSA) is 37.2 Å². The Balaban J connectivity index is 1.42. The number of nitrogens with zero attached hydrogens (tertiary/aromatic N) is 5. The van der Waals surface area contributed by atoms with E-state index in [9.17, 15) is 0 Å². The fourth-order valence-electron chi connectivity index (χ4n) is 4.39. The summed E-state index contributed by atoms with van der Waals surface area (Å²) in [5, 5.41) is 9.34. The first-order valence-corrected chi connectivity index (χ1v) is 10.2. The third kappa shape index (κ3) is 3.67. The van der Waals surface area contributed by atoms with Crippen molar-refractivity contribution in [1.82, 2.24) is 24.6 Å². The Morgan fingerprint density at radius 1 is 0.917 bits per heavy atom. The molecule has 0 atom stereocenters. The average molecular weight is 332 g/mol. The third-order valence-electron chi connectivity index (χ3n) is 6.05. The van der Waals surface area contributed by atoms with Crippen LogP contribution in [-0.2, 0) is 6.54 Å².